The van der Waals surface area contributed by atoms with Crippen LogP contribution < -0.4 is 4.90 Å². The molecule has 0 radical (unpaired) electrons. The van der Waals surface area contributed by atoms with Gasteiger partial charge in [-0.3, -0.25) is 14.5 Å². The summed E-state index contributed by atoms with van der Waals surface area (Å²) in [6.07, 6.45) is 1.22. The number of benzene rings is 1. The maximum Gasteiger partial charge on any atom is 0.323 e. The topological polar surface area (TPSA) is 70.5 Å². The van der Waals surface area contributed by atoms with Crippen LogP contribution in [0.4, 0.5) is 10.1 Å². The van der Waals surface area contributed by atoms with E-state index in [0.717, 1.165) is 4.90 Å². The van der Waals surface area contributed by atoms with Gasteiger partial charge in [-0.2, -0.15) is 4.39 Å². The van der Waals surface area contributed by atoms with Crippen molar-refractivity contribution in [1.29, 1.82) is 0 Å². The molecule has 0 saturated heterocycles. The van der Waals surface area contributed by atoms with Crippen molar-refractivity contribution in [2.24, 2.45) is 0 Å². The highest BCUT2D eigenvalue weighted by Crippen LogP contribution is 2.17. The smallest absolute Gasteiger partial charge is 0.323 e. The monoisotopic (exact) mass is 274 g/mol. The van der Waals surface area contributed by atoms with Crippen LogP contribution >= 0.6 is 0 Å². The number of carboxylic acid groups (broad SMARTS) is 1. The molecule has 0 fully saturated rings. The van der Waals surface area contributed by atoms with Crippen molar-refractivity contribution >= 4 is 17.6 Å². The molecule has 0 spiro atoms. The lowest BCUT2D eigenvalue weighted by molar-refractivity contribution is -0.135. The van der Waals surface area contributed by atoms with Gasteiger partial charge >= 0.3 is 5.97 Å². The Bertz CT molecular complexity index is 631. The Hall–Kier alpha value is -2.76. The molecule has 6 heteroatoms. The van der Waals surface area contributed by atoms with E-state index in [-0.39, 0.29) is 5.56 Å². The van der Waals surface area contributed by atoms with E-state index < -0.39 is 24.4 Å². The molecule has 0 aliphatic carbocycles. The zero-order valence-electron chi connectivity index (χ0n) is 10.4. The summed E-state index contributed by atoms with van der Waals surface area (Å²) in [5.74, 6) is -2.86. The van der Waals surface area contributed by atoms with Gasteiger partial charge in [0.05, 0.1) is 5.56 Å². The number of carbonyl (C=O) groups excluding carboxylic acids is 1. The SMILES string of the molecule is O=C(O)CN(C(=O)c1cccnc1F)c1ccccc1. The van der Waals surface area contributed by atoms with E-state index in [9.17, 15) is 14.0 Å². The molecular formula is C14H11FN2O3. The summed E-state index contributed by atoms with van der Waals surface area (Å²) >= 11 is 0. The first-order valence-electron chi connectivity index (χ1n) is 5.79. The van der Waals surface area contributed by atoms with Gasteiger partial charge < -0.3 is 5.11 Å². The average Bonchev–Trinajstić information content (AvgIpc) is 2.45. The quantitative estimate of drug-likeness (QED) is 0.865. The Morgan fingerprint density at radius 1 is 1.15 bits per heavy atom. The summed E-state index contributed by atoms with van der Waals surface area (Å²) < 4.78 is 13.5. The van der Waals surface area contributed by atoms with Crippen LogP contribution in [0, 0.1) is 5.95 Å². The van der Waals surface area contributed by atoms with Crippen molar-refractivity contribution in [2.45, 2.75) is 0 Å². The van der Waals surface area contributed by atoms with Gasteiger partial charge in [-0.1, -0.05) is 18.2 Å². The van der Waals surface area contributed by atoms with Crippen molar-refractivity contribution in [3.8, 4) is 0 Å². The zero-order valence-corrected chi connectivity index (χ0v) is 10.4. The number of carboxylic acids is 1. The molecule has 20 heavy (non-hydrogen) atoms. The average molecular weight is 274 g/mol. The van der Waals surface area contributed by atoms with Gasteiger partial charge in [-0.25, -0.2) is 4.98 Å². The second-order valence-corrected chi connectivity index (χ2v) is 3.96. The minimum Gasteiger partial charge on any atom is -0.480 e. The number of halogens is 1. The molecule has 1 aromatic carbocycles. The summed E-state index contributed by atoms with van der Waals surface area (Å²) in [5.41, 5.74) is 0.112. The molecule has 0 unspecified atom stereocenters. The fourth-order valence-corrected chi connectivity index (χ4v) is 1.71. The van der Waals surface area contributed by atoms with Crippen molar-refractivity contribution < 1.29 is 19.1 Å². The highest BCUT2D eigenvalue weighted by atomic mass is 19.1. The van der Waals surface area contributed by atoms with Crippen LogP contribution in [0.2, 0.25) is 0 Å². The number of pyridine rings is 1. The first-order chi connectivity index (χ1) is 9.59. The number of nitrogens with zero attached hydrogens (tertiary/aromatic N) is 2. The Morgan fingerprint density at radius 2 is 1.85 bits per heavy atom. The van der Waals surface area contributed by atoms with E-state index in [2.05, 4.69) is 4.98 Å². The highest BCUT2D eigenvalue weighted by Gasteiger charge is 2.23. The third kappa shape index (κ3) is 2.97. The molecule has 0 atom stereocenters. The van der Waals surface area contributed by atoms with E-state index in [4.69, 9.17) is 5.11 Å². The number of aromatic nitrogens is 1. The number of para-hydroxylation sites is 1. The van der Waals surface area contributed by atoms with Crippen LogP contribution in [0.5, 0.6) is 0 Å². The Kier molecular flexibility index (Phi) is 4.05. The third-order valence-corrected chi connectivity index (χ3v) is 2.60. The van der Waals surface area contributed by atoms with Gasteiger partial charge in [-0.15, -0.1) is 0 Å². The first kappa shape index (κ1) is 13.7. The van der Waals surface area contributed by atoms with Crippen LogP contribution in [-0.2, 0) is 4.79 Å². The van der Waals surface area contributed by atoms with Gasteiger partial charge in [0.2, 0.25) is 5.95 Å². The fraction of sp³-hybridized carbons (Fsp3) is 0.0714. The van der Waals surface area contributed by atoms with E-state index in [0.29, 0.717) is 5.69 Å². The predicted octanol–water partition coefficient (Wildman–Crippen LogP) is 1.95. The van der Waals surface area contributed by atoms with Crippen molar-refractivity contribution in [3.63, 3.8) is 0 Å². The maximum absolute atomic E-state index is 13.5. The lowest BCUT2D eigenvalue weighted by Gasteiger charge is -2.20. The van der Waals surface area contributed by atoms with Crippen LogP contribution in [0.3, 0.4) is 0 Å². The predicted molar refractivity (Wildman–Crippen MR) is 69.9 cm³/mol. The number of rotatable bonds is 4. The number of carbonyl (C=O) groups is 2. The lowest BCUT2D eigenvalue weighted by Crippen LogP contribution is -2.36. The van der Waals surface area contributed by atoms with Crippen LogP contribution in [0.15, 0.2) is 48.7 Å². The largest absolute Gasteiger partial charge is 0.480 e. The summed E-state index contributed by atoms with van der Waals surface area (Å²) in [7, 11) is 0. The van der Waals surface area contributed by atoms with Crippen molar-refractivity contribution in [2.75, 3.05) is 11.4 Å². The molecule has 2 rings (SSSR count). The Balaban J connectivity index is 2.40. The summed E-state index contributed by atoms with van der Waals surface area (Å²) in [6.45, 7) is -0.558. The fourth-order valence-electron chi connectivity index (χ4n) is 1.71. The number of aliphatic carboxylic acids is 1. The maximum atomic E-state index is 13.5. The van der Waals surface area contributed by atoms with Gasteiger partial charge in [0.15, 0.2) is 0 Å². The molecule has 1 heterocycles. The summed E-state index contributed by atoms with van der Waals surface area (Å²) in [6, 6.07) is 10.9. The minimum absolute atomic E-state index is 0.266. The summed E-state index contributed by atoms with van der Waals surface area (Å²) in [4.78, 5) is 27.6. The van der Waals surface area contributed by atoms with Gasteiger partial charge in [0, 0.05) is 11.9 Å². The zero-order chi connectivity index (χ0) is 14.5. The second kappa shape index (κ2) is 5.92. The van der Waals surface area contributed by atoms with Crippen molar-refractivity contribution in [3.05, 3.63) is 60.2 Å². The summed E-state index contributed by atoms with van der Waals surface area (Å²) in [5, 5.41) is 8.91. The molecule has 5 nitrogen and oxygen atoms in total. The second-order valence-electron chi connectivity index (χ2n) is 3.96. The van der Waals surface area contributed by atoms with Crippen molar-refractivity contribution in [1.82, 2.24) is 4.98 Å². The molecule has 1 amide bonds. The van der Waals surface area contributed by atoms with Gasteiger partial charge in [-0.05, 0) is 24.3 Å². The van der Waals surface area contributed by atoms with E-state index in [1.807, 2.05) is 0 Å². The molecule has 0 aliphatic heterocycles. The molecule has 1 N–H and O–H groups in total. The highest BCUT2D eigenvalue weighted by molar-refractivity contribution is 6.08. The number of hydrogen-bond acceptors (Lipinski definition) is 3. The Labute approximate surface area is 114 Å². The molecule has 0 saturated carbocycles. The van der Waals surface area contributed by atoms with Crippen LogP contribution in [-0.4, -0.2) is 28.5 Å². The number of hydrogen-bond donors (Lipinski definition) is 1. The minimum atomic E-state index is -1.19. The van der Waals surface area contributed by atoms with Crippen LogP contribution in [0.25, 0.3) is 0 Å². The molecule has 2 aromatic rings. The first-order valence-corrected chi connectivity index (χ1v) is 5.79. The van der Waals surface area contributed by atoms with E-state index >= 15 is 0 Å². The molecule has 0 aliphatic rings. The molecule has 0 bridgehead atoms. The Morgan fingerprint density at radius 3 is 2.45 bits per heavy atom. The molecular weight excluding hydrogens is 263 g/mol. The van der Waals surface area contributed by atoms with E-state index in [1.54, 1.807) is 30.3 Å². The number of anilines is 1. The third-order valence-electron chi connectivity index (χ3n) is 2.60. The molecule has 1 aromatic heterocycles. The number of amides is 1. The normalized spacial score (nSPS) is 10.1. The molecule has 102 valence electrons. The lowest BCUT2D eigenvalue weighted by atomic mass is 10.2. The van der Waals surface area contributed by atoms with E-state index in [1.165, 1.54) is 18.3 Å². The van der Waals surface area contributed by atoms with Gasteiger partial charge in [0.1, 0.15) is 6.54 Å². The van der Waals surface area contributed by atoms with Crippen LogP contribution in [0.1, 0.15) is 10.4 Å². The van der Waals surface area contributed by atoms with Gasteiger partial charge in [0.25, 0.3) is 5.91 Å². The standard InChI is InChI=1S/C14H11FN2O3/c15-13-11(7-4-8-16-13)14(20)17(9-12(18)19)10-5-2-1-3-6-10/h1-8H,9H2,(H,18,19).